The van der Waals surface area contributed by atoms with Crippen LogP contribution in [-0.2, 0) is 5.54 Å². The Morgan fingerprint density at radius 3 is 2.73 bits per heavy atom. The first-order chi connectivity index (χ1) is 14.2. The van der Waals surface area contributed by atoms with Gasteiger partial charge in [0, 0.05) is 48.2 Å². The molecule has 30 heavy (non-hydrogen) atoms. The van der Waals surface area contributed by atoms with Crippen LogP contribution in [0.1, 0.15) is 31.3 Å². The van der Waals surface area contributed by atoms with Crippen LogP contribution in [0.3, 0.4) is 0 Å². The predicted octanol–water partition coefficient (Wildman–Crippen LogP) is 4.29. The van der Waals surface area contributed by atoms with E-state index in [4.69, 9.17) is 16.6 Å². The number of nitrogens with one attached hydrogen (secondary N) is 1. The van der Waals surface area contributed by atoms with Crippen molar-refractivity contribution >= 4 is 28.5 Å². The molecule has 0 saturated carbocycles. The number of benzene rings is 1. The lowest BCUT2D eigenvalue weighted by Crippen LogP contribution is -2.58. The maximum absolute atomic E-state index is 14.1. The standard InChI is InChI=1S/C23H24ClFN4O/c1-23(2,3)29-12-16(13-4-6-17(24)18(25)8-13)15-5-7-19(27-21(15)29)22(30)28-11-14-9-26-10-20(14)28/h4-8,12,14,20,26H,9-11H2,1-3H3. The number of likely N-dealkylation sites (tertiary alicyclic amines) is 1. The molecule has 2 fully saturated rings. The molecule has 0 bridgehead atoms. The van der Waals surface area contributed by atoms with Crippen LogP contribution < -0.4 is 5.32 Å². The van der Waals surface area contributed by atoms with Crippen molar-refractivity contribution in [2.75, 3.05) is 19.6 Å². The average molecular weight is 427 g/mol. The molecule has 2 aromatic heterocycles. The van der Waals surface area contributed by atoms with Crippen molar-refractivity contribution < 1.29 is 9.18 Å². The first-order valence-electron chi connectivity index (χ1n) is 10.2. The van der Waals surface area contributed by atoms with Crippen molar-refractivity contribution in [3.8, 4) is 11.1 Å². The molecular formula is C23H24ClFN4O. The van der Waals surface area contributed by atoms with Gasteiger partial charge in [0.2, 0.25) is 0 Å². The van der Waals surface area contributed by atoms with E-state index in [2.05, 4.69) is 30.7 Å². The zero-order valence-corrected chi connectivity index (χ0v) is 18.0. The van der Waals surface area contributed by atoms with E-state index in [1.54, 1.807) is 18.2 Å². The molecule has 2 atom stereocenters. The molecular weight excluding hydrogens is 403 g/mol. The molecule has 4 heterocycles. The van der Waals surface area contributed by atoms with E-state index < -0.39 is 5.82 Å². The third kappa shape index (κ3) is 3.01. The summed E-state index contributed by atoms with van der Waals surface area (Å²) in [5.74, 6) is 0.0770. The largest absolute Gasteiger partial charge is 0.332 e. The van der Waals surface area contributed by atoms with E-state index >= 15 is 0 Å². The number of aromatic nitrogens is 2. The summed E-state index contributed by atoms with van der Waals surface area (Å²) in [4.78, 5) is 19.8. The first kappa shape index (κ1) is 19.5. The van der Waals surface area contributed by atoms with Gasteiger partial charge in [-0.25, -0.2) is 9.37 Å². The minimum absolute atomic E-state index is 0.0254. The van der Waals surface area contributed by atoms with E-state index in [1.807, 2.05) is 17.2 Å². The van der Waals surface area contributed by atoms with Crippen molar-refractivity contribution in [1.82, 2.24) is 19.8 Å². The lowest BCUT2D eigenvalue weighted by atomic mass is 9.91. The Labute approximate surface area is 179 Å². The van der Waals surface area contributed by atoms with Gasteiger partial charge in [0.25, 0.3) is 5.91 Å². The zero-order valence-electron chi connectivity index (χ0n) is 17.2. The number of rotatable bonds is 2. The second-order valence-corrected chi connectivity index (χ2v) is 9.63. The second kappa shape index (κ2) is 6.79. The monoisotopic (exact) mass is 426 g/mol. The quantitative estimate of drug-likeness (QED) is 0.664. The fourth-order valence-corrected chi connectivity index (χ4v) is 4.64. The molecule has 1 amide bonds. The van der Waals surface area contributed by atoms with Crippen molar-refractivity contribution in [1.29, 1.82) is 0 Å². The van der Waals surface area contributed by atoms with Gasteiger partial charge in [-0.15, -0.1) is 0 Å². The minimum Gasteiger partial charge on any atom is -0.332 e. The number of amides is 1. The molecule has 5 rings (SSSR count). The van der Waals surface area contributed by atoms with Gasteiger partial charge in [-0.05, 0) is 50.6 Å². The van der Waals surface area contributed by atoms with Crippen LogP contribution in [0.2, 0.25) is 5.02 Å². The summed E-state index contributed by atoms with van der Waals surface area (Å²) in [7, 11) is 0. The number of carbonyl (C=O) groups is 1. The van der Waals surface area contributed by atoms with Gasteiger partial charge in [0.1, 0.15) is 17.2 Å². The Bertz CT molecular complexity index is 1170. The Morgan fingerprint density at radius 1 is 1.23 bits per heavy atom. The number of carbonyl (C=O) groups excluding carboxylic acids is 1. The van der Waals surface area contributed by atoms with E-state index in [0.717, 1.165) is 41.8 Å². The fourth-order valence-electron chi connectivity index (χ4n) is 4.53. The van der Waals surface area contributed by atoms with Crippen LogP contribution in [0.15, 0.2) is 36.5 Å². The summed E-state index contributed by atoms with van der Waals surface area (Å²) in [6.45, 7) is 8.86. The Hall–Kier alpha value is -2.44. The van der Waals surface area contributed by atoms with Crippen molar-refractivity contribution in [3.63, 3.8) is 0 Å². The van der Waals surface area contributed by atoms with Gasteiger partial charge >= 0.3 is 0 Å². The molecule has 2 saturated heterocycles. The number of hydrogen-bond donors (Lipinski definition) is 1. The Morgan fingerprint density at radius 2 is 2.03 bits per heavy atom. The predicted molar refractivity (Wildman–Crippen MR) is 116 cm³/mol. The molecule has 7 heteroatoms. The minimum atomic E-state index is -0.455. The molecule has 5 nitrogen and oxygen atoms in total. The maximum Gasteiger partial charge on any atom is 0.272 e. The van der Waals surface area contributed by atoms with Gasteiger partial charge in [0.05, 0.1) is 11.1 Å². The summed E-state index contributed by atoms with van der Waals surface area (Å²) < 4.78 is 16.2. The van der Waals surface area contributed by atoms with Crippen LogP contribution in [-0.4, -0.2) is 46.0 Å². The van der Waals surface area contributed by atoms with E-state index in [-0.39, 0.29) is 22.5 Å². The van der Waals surface area contributed by atoms with Crippen LogP contribution in [0.25, 0.3) is 22.2 Å². The second-order valence-electron chi connectivity index (χ2n) is 9.22. The molecule has 0 aliphatic carbocycles. The molecule has 2 aliphatic rings. The highest BCUT2D eigenvalue weighted by atomic mass is 35.5. The zero-order chi connectivity index (χ0) is 21.2. The van der Waals surface area contributed by atoms with Crippen LogP contribution in [0, 0.1) is 11.7 Å². The maximum atomic E-state index is 14.1. The van der Waals surface area contributed by atoms with Crippen LogP contribution in [0.4, 0.5) is 4.39 Å². The van der Waals surface area contributed by atoms with Crippen molar-refractivity contribution in [3.05, 3.63) is 53.1 Å². The van der Waals surface area contributed by atoms with E-state index in [1.165, 1.54) is 6.07 Å². The Balaban J connectivity index is 1.60. The summed E-state index contributed by atoms with van der Waals surface area (Å²) in [5, 5.41) is 4.33. The third-order valence-electron chi connectivity index (χ3n) is 6.22. The number of pyridine rings is 1. The number of halogens is 2. The number of nitrogens with zero attached hydrogens (tertiary/aromatic N) is 3. The van der Waals surface area contributed by atoms with Crippen LogP contribution >= 0.6 is 11.6 Å². The highest BCUT2D eigenvalue weighted by Gasteiger charge is 2.45. The summed E-state index contributed by atoms with van der Waals surface area (Å²) >= 11 is 5.87. The van der Waals surface area contributed by atoms with Crippen molar-refractivity contribution in [2.45, 2.75) is 32.4 Å². The smallest absolute Gasteiger partial charge is 0.272 e. The third-order valence-corrected chi connectivity index (χ3v) is 6.53. The van der Waals surface area contributed by atoms with Gasteiger partial charge in [-0.1, -0.05) is 17.7 Å². The van der Waals surface area contributed by atoms with Gasteiger partial charge in [-0.3, -0.25) is 4.79 Å². The molecule has 156 valence electrons. The molecule has 1 N–H and O–H groups in total. The average Bonchev–Trinajstić information content (AvgIpc) is 3.24. The molecule has 3 aromatic rings. The van der Waals surface area contributed by atoms with Gasteiger partial charge < -0.3 is 14.8 Å². The van der Waals surface area contributed by atoms with Crippen LogP contribution in [0.5, 0.6) is 0 Å². The molecule has 2 unspecified atom stereocenters. The first-order valence-corrected chi connectivity index (χ1v) is 10.6. The number of fused-ring (bicyclic) bond motifs is 2. The molecule has 0 radical (unpaired) electrons. The normalized spacial score (nSPS) is 21.0. The van der Waals surface area contributed by atoms with E-state index in [0.29, 0.717) is 11.6 Å². The van der Waals surface area contributed by atoms with Crippen molar-refractivity contribution in [2.24, 2.45) is 5.92 Å². The topological polar surface area (TPSA) is 50.2 Å². The van der Waals surface area contributed by atoms with Gasteiger partial charge in [-0.2, -0.15) is 0 Å². The highest BCUT2D eigenvalue weighted by molar-refractivity contribution is 6.30. The number of hydrogen-bond acceptors (Lipinski definition) is 3. The van der Waals surface area contributed by atoms with E-state index in [9.17, 15) is 9.18 Å². The molecule has 2 aliphatic heterocycles. The highest BCUT2D eigenvalue weighted by Crippen LogP contribution is 2.35. The SMILES string of the molecule is CC(C)(C)n1cc(-c2ccc(Cl)c(F)c2)c2ccc(C(=O)N3CC4CNCC43)nc21. The van der Waals surface area contributed by atoms with Gasteiger partial charge in [0.15, 0.2) is 0 Å². The summed E-state index contributed by atoms with van der Waals surface area (Å²) in [6, 6.07) is 8.79. The summed E-state index contributed by atoms with van der Waals surface area (Å²) in [5.41, 5.74) is 2.51. The lowest BCUT2D eigenvalue weighted by molar-refractivity contribution is 0.0322. The molecule has 0 spiro atoms. The molecule has 1 aromatic carbocycles. The Kier molecular flexibility index (Phi) is 4.42. The summed E-state index contributed by atoms with van der Waals surface area (Å²) in [6.07, 6.45) is 1.98. The lowest BCUT2D eigenvalue weighted by Gasteiger charge is -2.43. The fraction of sp³-hybridized carbons (Fsp3) is 0.391.